The van der Waals surface area contributed by atoms with Gasteiger partial charge >= 0.3 is 6.18 Å². The Bertz CT molecular complexity index is 425. The molecular weight excluding hydrogens is 267 g/mol. The topological polar surface area (TPSA) is 12.5 Å². The predicted molar refractivity (Wildman–Crippen MR) is 71.3 cm³/mol. The number of benzene rings is 1. The number of ether oxygens (including phenoxy) is 1. The third-order valence-electron chi connectivity index (χ3n) is 3.77. The van der Waals surface area contributed by atoms with Crippen LogP contribution in [0.15, 0.2) is 24.3 Å². The zero-order valence-corrected chi connectivity index (χ0v) is 11.6. The summed E-state index contributed by atoms with van der Waals surface area (Å²) >= 11 is 0. The summed E-state index contributed by atoms with van der Waals surface area (Å²) in [6, 6.07) is 5.61. The zero-order valence-electron chi connectivity index (χ0n) is 11.6. The van der Waals surface area contributed by atoms with Crippen LogP contribution in [0.3, 0.4) is 0 Å². The van der Waals surface area contributed by atoms with Crippen LogP contribution in [0.5, 0.6) is 0 Å². The van der Waals surface area contributed by atoms with Crippen molar-refractivity contribution in [3.8, 4) is 0 Å². The van der Waals surface area contributed by atoms with Gasteiger partial charge in [0.25, 0.3) is 0 Å². The van der Waals surface area contributed by atoms with Crippen molar-refractivity contribution in [3.63, 3.8) is 0 Å². The standard InChI is InChI=1S/C15H20F3NO/c1-20-11-12-5-7-19(8-6-12)10-13-3-2-4-14(9-13)15(16,17)18/h2-4,9,12H,5-8,10-11H2,1H3. The maximum Gasteiger partial charge on any atom is 0.416 e. The summed E-state index contributed by atoms with van der Waals surface area (Å²) in [6.07, 6.45) is -2.17. The van der Waals surface area contributed by atoms with Gasteiger partial charge in [-0.3, -0.25) is 4.90 Å². The van der Waals surface area contributed by atoms with Crippen molar-refractivity contribution in [3.05, 3.63) is 35.4 Å². The lowest BCUT2D eigenvalue weighted by Gasteiger charge is -2.31. The molecular formula is C15H20F3NO. The van der Waals surface area contributed by atoms with E-state index < -0.39 is 11.7 Å². The molecule has 1 aromatic carbocycles. The van der Waals surface area contributed by atoms with E-state index in [1.807, 2.05) is 0 Å². The molecule has 1 aromatic rings. The summed E-state index contributed by atoms with van der Waals surface area (Å²) in [7, 11) is 1.70. The van der Waals surface area contributed by atoms with Gasteiger partial charge in [0.2, 0.25) is 0 Å². The number of hydrogen-bond donors (Lipinski definition) is 0. The summed E-state index contributed by atoms with van der Waals surface area (Å²) in [6.45, 7) is 3.20. The first-order chi connectivity index (χ1) is 9.49. The predicted octanol–water partition coefficient (Wildman–Crippen LogP) is 3.56. The first-order valence-electron chi connectivity index (χ1n) is 6.86. The third-order valence-corrected chi connectivity index (χ3v) is 3.77. The van der Waals surface area contributed by atoms with E-state index in [-0.39, 0.29) is 0 Å². The van der Waals surface area contributed by atoms with Gasteiger partial charge in [0.1, 0.15) is 0 Å². The van der Waals surface area contributed by atoms with Crippen molar-refractivity contribution in [1.82, 2.24) is 4.90 Å². The molecule has 0 aromatic heterocycles. The van der Waals surface area contributed by atoms with E-state index in [0.717, 1.165) is 44.2 Å². The van der Waals surface area contributed by atoms with Crippen LogP contribution in [-0.2, 0) is 17.5 Å². The van der Waals surface area contributed by atoms with Crippen LogP contribution in [-0.4, -0.2) is 31.7 Å². The average molecular weight is 287 g/mol. The van der Waals surface area contributed by atoms with Gasteiger partial charge in [0.05, 0.1) is 5.56 Å². The molecule has 1 heterocycles. The molecule has 2 nitrogen and oxygen atoms in total. The molecule has 1 aliphatic heterocycles. The maximum atomic E-state index is 12.7. The first-order valence-corrected chi connectivity index (χ1v) is 6.86. The van der Waals surface area contributed by atoms with Crippen LogP contribution in [0.4, 0.5) is 13.2 Å². The van der Waals surface area contributed by atoms with Gasteiger partial charge in [-0.15, -0.1) is 0 Å². The van der Waals surface area contributed by atoms with Gasteiger partial charge in [0, 0.05) is 20.3 Å². The molecule has 0 unspecified atom stereocenters. The molecule has 0 bridgehead atoms. The fourth-order valence-electron chi connectivity index (χ4n) is 2.65. The summed E-state index contributed by atoms with van der Waals surface area (Å²) in [4.78, 5) is 2.21. The van der Waals surface area contributed by atoms with E-state index in [1.165, 1.54) is 12.1 Å². The minimum atomic E-state index is -4.26. The Morgan fingerprint density at radius 2 is 1.95 bits per heavy atom. The zero-order chi connectivity index (χ0) is 14.6. The lowest BCUT2D eigenvalue weighted by Crippen LogP contribution is -2.34. The van der Waals surface area contributed by atoms with Crippen LogP contribution >= 0.6 is 0 Å². The van der Waals surface area contributed by atoms with Crippen LogP contribution in [0.1, 0.15) is 24.0 Å². The van der Waals surface area contributed by atoms with Gasteiger partial charge in [-0.25, -0.2) is 0 Å². The Morgan fingerprint density at radius 1 is 1.25 bits per heavy atom. The average Bonchev–Trinajstić information content (AvgIpc) is 2.41. The van der Waals surface area contributed by atoms with Crippen molar-refractivity contribution in [2.45, 2.75) is 25.6 Å². The van der Waals surface area contributed by atoms with Crippen molar-refractivity contribution in [2.24, 2.45) is 5.92 Å². The van der Waals surface area contributed by atoms with Gasteiger partial charge in [0.15, 0.2) is 0 Å². The summed E-state index contributed by atoms with van der Waals surface area (Å²) in [5.41, 5.74) is 0.161. The maximum absolute atomic E-state index is 12.7. The Morgan fingerprint density at radius 3 is 2.55 bits per heavy atom. The largest absolute Gasteiger partial charge is 0.416 e. The van der Waals surface area contributed by atoms with Crippen LogP contribution in [0.25, 0.3) is 0 Å². The van der Waals surface area contributed by atoms with Crippen LogP contribution in [0.2, 0.25) is 0 Å². The molecule has 0 N–H and O–H groups in total. The molecule has 20 heavy (non-hydrogen) atoms. The highest BCUT2D eigenvalue weighted by Crippen LogP contribution is 2.30. The van der Waals surface area contributed by atoms with Gasteiger partial charge < -0.3 is 4.74 Å². The highest BCUT2D eigenvalue weighted by molar-refractivity contribution is 5.25. The van der Waals surface area contributed by atoms with Crippen LogP contribution < -0.4 is 0 Å². The molecule has 5 heteroatoms. The summed E-state index contributed by atoms with van der Waals surface area (Å²) < 4.78 is 43.1. The Labute approximate surface area is 117 Å². The Kier molecular flexibility index (Phi) is 5.05. The fourth-order valence-corrected chi connectivity index (χ4v) is 2.65. The lowest BCUT2D eigenvalue weighted by atomic mass is 9.97. The van der Waals surface area contributed by atoms with E-state index in [2.05, 4.69) is 4.90 Å². The highest BCUT2D eigenvalue weighted by atomic mass is 19.4. The number of likely N-dealkylation sites (tertiary alicyclic amines) is 1. The lowest BCUT2D eigenvalue weighted by molar-refractivity contribution is -0.137. The first kappa shape index (κ1) is 15.3. The molecule has 2 rings (SSSR count). The Balaban J connectivity index is 1.91. The second-order valence-electron chi connectivity index (χ2n) is 5.37. The van der Waals surface area contributed by atoms with Crippen molar-refractivity contribution in [1.29, 1.82) is 0 Å². The van der Waals surface area contributed by atoms with E-state index in [1.54, 1.807) is 13.2 Å². The molecule has 0 atom stereocenters. The normalized spacial score (nSPS) is 18.4. The molecule has 0 radical (unpaired) electrons. The molecule has 1 fully saturated rings. The number of methoxy groups -OCH3 is 1. The van der Waals surface area contributed by atoms with Crippen LogP contribution in [0, 0.1) is 5.92 Å². The van der Waals surface area contributed by atoms with E-state index in [4.69, 9.17) is 4.74 Å². The number of piperidine rings is 1. The smallest absolute Gasteiger partial charge is 0.384 e. The number of nitrogens with zero attached hydrogens (tertiary/aromatic N) is 1. The number of alkyl halides is 3. The minimum Gasteiger partial charge on any atom is -0.384 e. The highest BCUT2D eigenvalue weighted by Gasteiger charge is 2.30. The second-order valence-corrected chi connectivity index (χ2v) is 5.37. The quantitative estimate of drug-likeness (QED) is 0.839. The fraction of sp³-hybridized carbons (Fsp3) is 0.600. The molecule has 1 aliphatic rings. The molecule has 0 saturated carbocycles. The summed E-state index contributed by atoms with van der Waals surface area (Å²) in [5.74, 6) is 0.581. The Hall–Kier alpha value is -1.07. The second kappa shape index (κ2) is 6.59. The molecule has 0 spiro atoms. The van der Waals surface area contributed by atoms with Gasteiger partial charge in [-0.05, 0) is 43.5 Å². The number of rotatable bonds is 4. The summed E-state index contributed by atoms with van der Waals surface area (Å²) in [5, 5.41) is 0. The number of halogens is 3. The van der Waals surface area contributed by atoms with Gasteiger partial charge in [-0.1, -0.05) is 18.2 Å². The molecule has 0 aliphatic carbocycles. The SMILES string of the molecule is COCC1CCN(Cc2cccc(C(F)(F)F)c2)CC1. The van der Waals surface area contributed by atoms with Gasteiger partial charge in [-0.2, -0.15) is 13.2 Å². The van der Waals surface area contributed by atoms with E-state index in [9.17, 15) is 13.2 Å². The van der Waals surface area contributed by atoms with E-state index >= 15 is 0 Å². The molecule has 0 amide bonds. The molecule has 1 saturated heterocycles. The van der Waals surface area contributed by atoms with Crippen molar-refractivity contribution in [2.75, 3.05) is 26.8 Å². The third kappa shape index (κ3) is 4.21. The van der Waals surface area contributed by atoms with Crippen molar-refractivity contribution < 1.29 is 17.9 Å². The molecule has 112 valence electrons. The monoisotopic (exact) mass is 287 g/mol. The van der Waals surface area contributed by atoms with E-state index in [0.29, 0.717) is 12.5 Å². The minimum absolute atomic E-state index is 0.565. The number of hydrogen-bond acceptors (Lipinski definition) is 2. The van der Waals surface area contributed by atoms with Crippen molar-refractivity contribution >= 4 is 0 Å².